The number of nitrogens with two attached hydrogens (primary N) is 1. The van der Waals surface area contributed by atoms with Crippen LogP contribution < -0.4 is 11.1 Å². The number of carbonyl (C=O) groups is 1. The third kappa shape index (κ3) is 4.31. The highest BCUT2D eigenvalue weighted by Gasteiger charge is 2.11. The van der Waals surface area contributed by atoms with Crippen LogP contribution >= 0.6 is 11.6 Å². The van der Waals surface area contributed by atoms with Crippen LogP contribution in [0.15, 0.2) is 47.4 Å². The maximum absolute atomic E-state index is 12.1. The van der Waals surface area contributed by atoms with Gasteiger partial charge in [-0.2, -0.15) is 0 Å². The van der Waals surface area contributed by atoms with Gasteiger partial charge in [0, 0.05) is 21.3 Å². The molecule has 4 nitrogen and oxygen atoms in total. The molecule has 0 heterocycles. The number of hydrogen-bond donors (Lipinski definition) is 2. The molecule has 0 radical (unpaired) electrons. The molecule has 110 valence electrons. The van der Waals surface area contributed by atoms with Crippen LogP contribution in [0.1, 0.15) is 5.56 Å². The normalized spacial score (nSPS) is 11.9. The van der Waals surface area contributed by atoms with Gasteiger partial charge in [0.1, 0.15) is 5.75 Å². The smallest absolute Gasteiger partial charge is 0.237 e. The van der Waals surface area contributed by atoms with Gasteiger partial charge < -0.3 is 11.1 Å². The van der Waals surface area contributed by atoms with Crippen molar-refractivity contribution in [2.24, 2.45) is 0 Å². The first-order valence-electron chi connectivity index (χ1n) is 6.25. The Hall–Kier alpha value is -1.85. The van der Waals surface area contributed by atoms with E-state index in [-0.39, 0.29) is 11.7 Å². The molecule has 1 amide bonds. The van der Waals surface area contributed by atoms with Crippen molar-refractivity contribution in [2.75, 3.05) is 16.8 Å². The molecular formula is C15H15ClN2O2S. The van der Waals surface area contributed by atoms with E-state index >= 15 is 0 Å². The number of amides is 1. The van der Waals surface area contributed by atoms with Gasteiger partial charge in [0.2, 0.25) is 5.91 Å². The summed E-state index contributed by atoms with van der Waals surface area (Å²) in [6.45, 7) is 1.85. The summed E-state index contributed by atoms with van der Waals surface area (Å²) in [7, 11) is -1.40. The van der Waals surface area contributed by atoms with Gasteiger partial charge in [-0.1, -0.05) is 11.6 Å². The van der Waals surface area contributed by atoms with Crippen molar-refractivity contribution >= 4 is 39.7 Å². The number of carbonyl (C=O) groups excluding carboxylic acids is 1. The summed E-state index contributed by atoms with van der Waals surface area (Å²) >= 11 is 5.77. The number of nitrogens with one attached hydrogen (secondary N) is 1. The Bertz CT molecular complexity index is 687. The molecular weight excluding hydrogens is 308 g/mol. The molecule has 3 N–H and O–H groups in total. The summed E-state index contributed by atoms with van der Waals surface area (Å²) in [5, 5.41) is 3.30. The number of hydrogen-bond acceptors (Lipinski definition) is 3. The lowest BCUT2D eigenvalue weighted by Gasteiger charge is -2.09. The first-order chi connectivity index (χ1) is 9.95. The molecule has 0 aromatic heterocycles. The van der Waals surface area contributed by atoms with Crippen molar-refractivity contribution in [3.8, 4) is 0 Å². The summed E-state index contributed by atoms with van der Waals surface area (Å²) in [6.07, 6.45) is 0. The van der Waals surface area contributed by atoms with E-state index in [0.717, 1.165) is 5.56 Å². The van der Waals surface area contributed by atoms with E-state index in [2.05, 4.69) is 5.32 Å². The maximum atomic E-state index is 12.1. The standard InChI is InChI=1S/C15H15ClN2O2S/c1-10-8-12(17)4-7-14(10)18-15(19)9-21(20)13-5-2-11(16)3-6-13/h2-8H,9,17H2,1H3,(H,18,19). The Labute approximate surface area is 130 Å². The number of rotatable bonds is 4. The highest BCUT2D eigenvalue weighted by molar-refractivity contribution is 7.85. The lowest BCUT2D eigenvalue weighted by Crippen LogP contribution is -2.20. The minimum Gasteiger partial charge on any atom is -0.399 e. The van der Waals surface area contributed by atoms with E-state index in [0.29, 0.717) is 21.3 Å². The lowest BCUT2D eigenvalue weighted by molar-refractivity contribution is -0.113. The third-order valence-electron chi connectivity index (χ3n) is 2.86. The highest BCUT2D eigenvalue weighted by atomic mass is 35.5. The Morgan fingerprint density at radius 2 is 1.90 bits per heavy atom. The molecule has 1 atom stereocenters. The van der Waals surface area contributed by atoms with Crippen LogP contribution in [0, 0.1) is 6.92 Å². The van der Waals surface area contributed by atoms with Crippen LogP contribution in [0.2, 0.25) is 5.02 Å². The fourth-order valence-corrected chi connectivity index (χ4v) is 2.84. The second kappa shape index (κ2) is 6.74. The van der Waals surface area contributed by atoms with Gasteiger partial charge in [-0.3, -0.25) is 9.00 Å². The van der Waals surface area contributed by atoms with Crippen LogP contribution in [0.5, 0.6) is 0 Å². The molecule has 0 aliphatic carbocycles. The van der Waals surface area contributed by atoms with Gasteiger partial charge in [0.15, 0.2) is 0 Å². The monoisotopic (exact) mass is 322 g/mol. The lowest BCUT2D eigenvalue weighted by atomic mass is 10.2. The van der Waals surface area contributed by atoms with Crippen LogP contribution in [0.4, 0.5) is 11.4 Å². The van der Waals surface area contributed by atoms with Gasteiger partial charge in [-0.25, -0.2) is 0 Å². The van der Waals surface area contributed by atoms with Crippen LogP contribution in [-0.2, 0) is 15.6 Å². The largest absolute Gasteiger partial charge is 0.399 e. The van der Waals surface area contributed by atoms with Gasteiger partial charge >= 0.3 is 0 Å². The quantitative estimate of drug-likeness (QED) is 0.850. The zero-order chi connectivity index (χ0) is 15.4. The molecule has 0 aliphatic rings. The van der Waals surface area contributed by atoms with Crippen LogP contribution in [-0.4, -0.2) is 15.9 Å². The molecule has 6 heteroatoms. The van der Waals surface area contributed by atoms with Crippen molar-refractivity contribution in [3.05, 3.63) is 53.1 Å². The summed E-state index contributed by atoms with van der Waals surface area (Å²) in [4.78, 5) is 12.5. The third-order valence-corrected chi connectivity index (χ3v) is 4.44. The number of aryl methyl sites for hydroxylation is 1. The molecule has 0 aliphatic heterocycles. The first kappa shape index (κ1) is 15.5. The molecule has 21 heavy (non-hydrogen) atoms. The SMILES string of the molecule is Cc1cc(N)ccc1NC(=O)CS(=O)c1ccc(Cl)cc1. The topological polar surface area (TPSA) is 72.2 Å². The van der Waals surface area contributed by atoms with Crippen molar-refractivity contribution in [1.29, 1.82) is 0 Å². The molecule has 2 rings (SSSR count). The Kier molecular flexibility index (Phi) is 4.98. The summed E-state index contributed by atoms with van der Waals surface area (Å²) < 4.78 is 12.1. The first-order valence-corrected chi connectivity index (χ1v) is 7.95. The Morgan fingerprint density at radius 3 is 2.52 bits per heavy atom. The van der Waals surface area contributed by atoms with Gasteiger partial charge in [-0.05, 0) is 55.0 Å². The summed E-state index contributed by atoms with van der Waals surface area (Å²) in [6, 6.07) is 11.8. The molecule has 0 spiro atoms. The molecule has 2 aromatic rings. The molecule has 0 saturated heterocycles. The Balaban J connectivity index is 2.01. The summed E-state index contributed by atoms with van der Waals surface area (Å²) in [5.74, 6) is -0.415. The van der Waals surface area contributed by atoms with Crippen LogP contribution in [0.25, 0.3) is 0 Å². The van der Waals surface area contributed by atoms with E-state index in [1.54, 1.807) is 42.5 Å². The fourth-order valence-electron chi connectivity index (χ4n) is 1.80. The fraction of sp³-hybridized carbons (Fsp3) is 0.133. The van der Waals surface area contributed by atoms with Crippen molar-refractivity contribution < 1.29 is 9.00 Å². The zero-order valence-corrected chi connectivity index (χ0v) is 13.0. The van der Waals surface area contributed by atoms with Crippen molar-refractivity contribution in [2.45, 2.75) is 11.8 Å². The minimum absolute atomic E-state index is 0.106. The van der Waals surface area contributed by atoms with E-state index < -0.39 is 10.8 Å². The average molecular weight is 323 g/mol. The van der Waals surface area contributed by atoms with Gasteiger partial charge in [0.25, 0.3) is 0 Å². The second-order valence-electron chi connectivity index (χ2n) is 4.57. The van der Waals surface area contributed by atoms with Crippen LogP contribution in [0.3, 0.4) is 0 Å². The molecule has 0 bridgehead atoms. The average Bonchev–Trinajstić information content (AvgIpc) is 2.42. The molecule has 0 fully saturated rings. The molecule has 0 saturated carbocycles. The van der Waals surface area contributed by atoms with E-state index in [4.69, 9.17) is 17.3 Å². The van der Waals surface area contributed by atoms with Gasteiger partial charge in [-0.15, -0.1) is 0 Å². The van der Waals surface area contributed by atoms with Gasteiger partial charge in [0.05, 0.1) is 10.8 Å². The Morgan fingerprint density at radius 1 is 1.24 bits per heavy atom. The number of benzene rings is 2. The van der Waals surface area contributed by atoms with Crippen molar-refractivity contribution in [1.82, 2.24) is 0 Å². The highest BCUT2D eigenvalue weighted by Crippen LogP contribution is 2.18. The number of nitrogen functional groups attached to an aromatic ring is 1. The second-order valence-corrected chi connectivity index (χ2v) is 6.45. The minimum atomic E-state index is -1.40. The summed E-state index contributed by atoms with van der Waals surface area (Å²) in [5.41, 5.74) is 7.82. The maximum Gasteiger partial charge on any atom is 0.237 e. The number of anilines is 2. The van der Waals surface area contributed by atoms with E-state index in [1.165, 1.54) is 0 Å². The molecule has 1 unspecified atom stereocenters. The number of halogens is 1. The predicted octanol–water partition coefficient (Wildman–Crippen LogP) is 2.98. The van der Waals surface area contributed by atoms with E-state index in [1.807, 2.05) is 6.92 Å². The molecule has 2 aromatic carbocycles. The zero-order valence-electron chi connectivity index (χ0n) is 11.4. The van der Waals surface area contributed by atoms with E-state index in [9.17, 15) is 9.00 Å². The van der Waals surface area contributed by atoms with Crippen molar-refractivity contribution in [3.63, 3.8) is 0 Å². The predicted molar refractivity (Wildman–Crippen MR) is 86.9 cm³/mol.